The van der Waals surface area contributed by atoms with Crippen LogP contribution in [0.1, 0.15) is 38.4 Å². The summed E-state index contributed by atoms with van der Waals surface area (Å²) in [4.78, 5) is 27.7. The Kier molecular flexibility index (Phi) is 7.11. The molecule has 0 spiro atoms. The van der Waals surface area contributed by atoms with Crippen molar-refractivity contribution in [2.24, 2.45) is 0 Å². The molecule has 8 nitrogen and oxygen atoms in total. The van der Waals surface area contributed by atoms with E-state index in [4.69, 9.17) is 0 Å². The average molecular weight is 502 g/mol. The van der Waals surface area contributed by atoms with Crippen molar-refractivity contribution < 1.29 is 22.9 Å². The number of carbonyl (C=O) groups excluding carboxylic acids is 1. The van der Waals surface area contributed by atoms with E-state index in [-0.39, 0.29) is 11.6 Å². The van der Waals surface area contributed by atoms with E-state index in [9.17, 15) is 28.1 Å². The first-order valence-corrected chi connectivity index (χ1v) is 11.5. The Morgan fingerprint density at radius 3 is 2.25 bits per heavy atom. The second-order valence-electron chi connectivity index (χ2n) is 8.90. The third-order valence-corrected chi connectivity index (χ3v) is 6.35. The molecular formula is C25H26F3N5O3. The van der Waals surface area contributed by atoms with E-state index in [0.29, 0.717) is 61.8 Å². The van der Waals surface area contributed by atoms with Gasteiger partial charge in [0.05, 0.1) is 17.0 Å². The Bertz CT molecular complexity index is 1280. The Morgan fingerprint density at radius 2 is 1.64 bits per heavy atom. The van der Waals surface area contributed by atoms with Crippen molar-refractivity contribution in [3.63, 3.8) is 0 Å². The van der Waals surface area contributed by atoms with Gasteiger partial charge in [-0.25, -0.2) is 0 Å². The van der Waals surface area contributed by atoms with E-state index in [1.807, 2.05) is 11.0 Å². The molecule has 0 bridgehead atoms. The summed E-state index contributed by atoms with van der Waals surface area (Å²) in [6.45, 7) is 5.95. The summed E-state index contributed by atoms with van der Waals surface area (Å²) in [7, 11) is 0. The summed E-state index contributed by atoms with van der Waals surface area (Å²) in [6.07, 6.45) is -4.38. The molecule has 0 N–H and O–H groups in total. The number of hydrogen-bond acceptors (Lipinski definition) is 5. The zero-order valence-corrected chi connectivity index (χ0v) is 20.0. The Balaban J connectivity index is 1.38. The Hall–Kier alpha value is -3.73. The molecule has 3 aromatic rings. The maximum absolute atomic E-state index is 13.1. The van der Waals surface area contributed by atoms with Crippen molar-refractivity contribution in [2.75, 3.05) is 26.2 Å². The lowest BCUT2D eigenvalue weighted by Crippen LogP contribution is -2.48. The van der Waals surface area contributed by atoms with Crippen LogP contribution in [-0.2, 0) is 19.3 Å². The van der Waals surface area contributed by atoms with Crippen molar-refractivity contribution in [1.29, 1.82) is 0 Å². The number of carbonyl (C=O) groups is 1. The van der Waals surface area contributed by atoms with Crippen LogP contribution in [0.15, 0.2) is 48.5 Å². The number of alkyl halides is 3. The van der Waals surface area contributed by atoms with Crippen LogP contribution in [0.4, 0.5) is 18.9 Å². The summed E-state index contributed by atoms with van der Waals surface area (Å²) in [6, 6.07) is 12.4. The van der Waals surface area contributed by atoms with Crippen LogP contribution in [-0.4, -0.2) is 56.6 Å². The Morgan fingerprint density at radius 1 is 1.00 bits per heavy atom. The molecule has 0 radical (unpaired) electrons. The first kappa shape index (κ1) is 25.4. The van der Waals surface area contributed by atoms with Crippen molar-refractivity contribution in [1.82, 2.24) is 19.6 Å². The molecule has 0 aliphatic carbocycles. The molecule has 1 amide bonds. The standard InChI is InChI=1S/C25H26F3N5O3/c1-17-23(33(35)36)18(2)32(29-17)16-19-5-3-7-21(13-19)24(34)31-11-9-30(10-12-31)15-20-6-4-8-22(14-20)25(26,27)28/h3-8,13-14H,9-12,15-16H2,1-2H3. The first-order valence-electron chi connectivity index (χ1n) is 11.5. The number of nitrogens with zero attached hydrogens (tertiary/aromatic N) is 5. The molecule has 1 aliphatic rings. The third-order valence-electron chi connectivity index (χ3n) is 6.35. The monoisotopic (exact) mass is 501 g/mol. The summed E-state index contributed by atoms with van der Waals surface area (Å²) >= 11 is 0. The van der Waals surface area contributed by atoms with E-state index >= 15 is 0 Å². The van der Waals surface area contributed by atoms with E-state index in [2.05, 4.69) is 5.10 Å². The number of nitro groups is 1. The molecule has 1 aromatic heterocycles. The molecule has 11 heteroatoms. The molecule has 0 unspecified atom stereocenters. The fourth-order valence-electron chi connectivity index (χ4n) is 4.48. The number of aromatic nitrogens is 2. The molecule has 1 fully saturated rings. The predicted molar refractivity (Wildman–Crippen MR) is 127 cm³/mol. The highest BCUT2D eigenvalue weighted by molar-refractivity contribution is 5.94. The van der Waals surface area contributed by atoms with Gasteiger partial charge in [0, 0.05) is 38.3 Å². The van der Waals surface area contributed by atoms with Crippen LogP contribution in [0.2, 0.25) is 0 Å². The molecule has 2 heterocycles. The molecule has 36 heavy (non-hydrogen) atoms. The molecule has 0 atom stereocenters. The number of rotatable bonds is 6. The van der Waals surface area contributed by atoms with Crippen LogP contribution < -0.4 is 0 Å². The third kappa shape index (κ3) is 5.56. The van der Waals surface area contributed by atoms with Gasteiger partial charge in [0.2, 0.25) is 0 Å². The van der Waals surface area contributed by atoms with E-state index in [1.165, 1.54) is 12.1 Å². The van der Waals surface area contributed by atoms with Gasteiger partial charge in [-0.15, -0.1) is 0 Å². The smallest absolute Gasteiger partial charge is 0.336 e. The zero-order chi connectivity index (χ0) is 26.0. The van der Waals surface area contributed by atoms with Crippen molar-refractivity contribution >= 4 is 11.6 Å². The summed E-state index contributed by atoms with van der Waals surface area (Å²) in [5.41, 5.74) is 2.01. The van der Waals surface area contributed by atoms with Gasteiger partial charge < -0.3 is 4.90 Å². The summed E-state index contributed by atoms with van der Waals surface area (Å²) in [5.74, 6) is -0.130. The summed E-state index contributed by atoms with van der Waals surface area (Å²) < 4.78 is 40.5. The van der Waals surface area contributed by atoms with Crippen LogP contribution >= 0.6 is 0 Å². The molecule has 190 valence electrons. The quantitative estimate of drug-likeness (QED) is 0.369. The molecule has 0 saturated carbocycles. The van der Waals surface area contributed by atoms with Gasteiger partial charge in [0.1, 0.15) is 11.4 Å². The van der Waals surface area contributed by atoms with Crippen molar-refractivity contribution in [3.8, 4) is 0 Å². The highest BCUT2D eigenvalue weighted by Crippen LogP contribution is 2.30. The van der Waals surface area contributed by atoms with Crippen LogP contribution in [0.5, 0.6) is 0 Å². The highest BCUT2D eigenvalue weighted by Gasteiger charge is 2.30. The van der Waals surface area contributed by atoms with Gasteiger partial charge in [-0.2, -0.15) is 18.3 Å². The molecule has 1 aliphatic heterocycles. The zero-order valence-electron chi connectivity index (χ0n) is 20.0. The minimum absolute atomic E-state index is 0.00904. The van der Waals surface area contributed by atoms with Gasteiger partial charge in [-0.1, -0.05) is 30.3 Å². The molecule has 4 rings (SSSR count). The van der Waals surface area contributed by atoms with Crippen LogP contribution in [0.3, 0.4) is 0 Å². The van der Waals surface area contributed by atoms with E-state index in [1.54, 1.807) is 47.7 Å². The SMILES string of the molecule is Cc1nn(Cc2cccc(C(=O)N3CCN(Cc4cccc(C(F)(F)F)c4)CC3)c2)c(C)c1[N+](=O)[O-]. The number of piperazine rings is 1. The Labute approximate surface area is 206 Å². The minimum atomic E-state index is -4.38. The fourth-order valence-corrected chi connectivity index (χ4v) is 4.48. The lowest BCUT2D eigenvalue weighted by Gasteiger charge is -2.35. The van der Waals surface area contributed by atoms with Crippen LogP contribution in [0, 0.1) is 24.0 Å². The lowest BCUT2D eigenvalue weighted by molar-refractivity contribution is -0.386. The largest absolute Gasteiger partial charge is 0.416 e. The number of amides is 1. The maximum atomic E-state index is 13.1. The van der Waals surface area contributed by atoms with Gasteiger partial charge in [0.15, 0.2) is 0 Å². The normalized spacial score (nSPS) is 14.8. The van der Waals surface area contributed by atoms with Gasteiger partial charge >= 0.3 is 11.9 Å². The van der Waals surface area contributed by atoms with Gasteiger partial charge in [0.25, 0.3) is 5.91 Å². The van der Waals surface area contributed by atoms with Gasteiger partial charge in [-0.05, 0) is 43.2 Å². The van der Waals surface area contributed by atoms with Crippen LogP contribution in [0.25, 0.3) is 0 Å². The number of aryl methyl sites for hydroxylation is 1. The molecular weight excluding hydrogens is 475 g/mol. The predicted octanol–water partition coefficient (Wildman–Crippen LogP) is 4.43. The second kappa shape index (κ2) is 10.1. The topological polar surface area (TPSA) is 84.5 Å². The van der Waals surface area contributed by atoms with E-state index in [0.717, 1.165) is 11.6 Å². The summed E-state index contributed by atoms with van der Waals surface area (Å²) in [5, 5.41) is 15.5. The second-order valence-corrected chi connectivity index (χ2v) is 8.90. The minimum Gasteiger partial charge on any atom is -0.336 e. The molecule has 2 aromatic carbocycles. The van der Waals surface area contributed by atoms with E-state index < -0.39 is 16.7 Å². The lowest BCUT2D eigenvalue weighted by atomic mass is 10.1. The first-order chi connectivity index (χ1) is 17.0. The highest BCUT2D eigenvalue weighted by atomic mass is 19.4. The molecule has 1 saturated heterocycles. The van der Waals surface area contributed by atoms with Crippen molar-refractivity contribution in [3.05, 3.63) is 92.3 Å². The number of benzene rings is 2. The average Bonchev–Trinajstić information content (AvgIpc) is 3.11. The fraction of sp³-hybridized carbons (Fsp3) is 0.360. The van der Waals surface area contributed by atoms with Crippen molar-refractivity contribution in [2.45, 2.75) is 33.1 Å². The number of halogens is 3. The maximum Gasteiger partial charge on any atom is 0.416 e. The number of hydrogen-bond donors (Lipinski definition) is 0. The van der Waals surface area contributed by atoms with Gasteiger partial charge in [-0.3, -0.25) is 24.5 Å².